The predicted molar refractivity (Wildman–Crippen MR) is 151 cm³/mol. The first-order chi connectivity index (χ1) is 18.7. The van der Waals surface area contributed by atoms with Crippen molar-refractivity contribution in [1.29, 1.82) is 0 Å². The van der Waals surface area contributed by atoms with Crippen molar-refractivity contribution in [2.75, 3.05) is 5.73 Å². The fourth-order valence-electron chi connectivity index (χ4n) is 4.35. The minimum atomic E-state index is -0.861. The SMILES string of the molecule is CC(C)(CC(=O)O)c1ccc(COc2nc(-c3cc(Cl)c4ncccc4c3)c(-c3ccccc3)nc2N)nc1. The summed E-state index contributed by atoms with van der Waals surface area (Å²) >= 11 is 6.59. The summed E-state index contributed by atoms with van der Waals surface area (Å²) in [5.74, 6) is -0.547. The molecule has 3 N–H and O–H groups in total. The number of pyridine rings is 2. The van der Waals surface area contributed by atoms with E-state index in [1.165, 1.54) is 0 Å². The van der Waals surface area contributed by atoms with Gasteiger partial charge in [0.25, 0.3) is 5.88 Å². The summed E-state index contributed by atoms with van der Waals surface area (Å²) in [6, 6.07) is 20.9. The van der Waals surface area contributed by atoms with Gasteiger partial charge in [0.05, 0.1) is 28.3 Å². The molecule has 8 nitrogen and oxygen atoms in total. The molecule has 39 heavy (non-hydrogen) atoms. The number of carbonyl (C=O) groups is 1. The number of nitrogens with zero attached hydrogens (tertiary/aromatic N) is 4. The highest BCUT2D eigenvalue weighted by atomic mass is 35.5. The number of carboxylic acids is 1. The number of nitrogens with two attached hydrogens (primary N) is 1. The number of nitrogen functional groups attached to an aromatic ring is 1. The third-order valence-corrected chi connectivity index (χ3v) is 6.71. The molecule has 0 saturated carbocycles. The normalized spacial score (nSPS) is 11.5. The molecule has 0 spiro atoms. The Kier molecular flexibility index (Phi) is 7.13. The van der Waals surface area contributed by atoms with Crippen molar-refractivity contribution in [3.05, 3.63) is 95.4 Å². The van der Waals surface area contributed by atoms with Gasteiger partial charge in [0, 0.05) is 34.3 Å². The van der Waals surface area contributed by atoms with Crippen LogP contribution in [0.5, 0.6) is 5.88 Å². The van der Waals surface area contributed by atoms with E-state index in [1.807, 2.05) is 74.5 Å². The molecule has 0 aliphatic rings. The maximum Gasteiger partial charge on any atom is 0.304 e. The van der Waals surface area contributed by atoms with Crippen molar-refractivity contribution in [2.45, 2.75) is 32.3 Å². The zero-order valence-electron chi connectivity index (χ0n) is 21.4. The van der Waals surface area contributed by atoms with Crippen LogP contribution in [0.1, 0.15) is 31.5 Å². The van der Waals surface area contributed by atoms with E-state index in [0.717, 1.165) is 22.1 Å². The lowest BCUT2D eigenvalue weighted by Crippen LogP contribution is -2.22. The molecule has 0 amide bonds. The van der Waals surface area contributed by atoms with E-state index >= 15 is 0 Å². The zero-order chi connectivity index (χ0) is 27.6. The Balaban J connectivity index is 1.49. The van der Waals surface area contributed by atoms with Crippen molar-refractivity contribution in [1.82, 2.24) is 19.9 Å². The second kappa shape index (κ2) is 10.7. The molecule has 2 aromatic carbocycles. The summed E-state index contributed by atoms with van der Waals surface area (Å²) in [6.45, 7) is 3.84. The van der Waals surface area contributed by atoms with Crippen LogP contribution in [0, 0.1) is 0 Å². The molecule has 0 aliphatic heterocycles. The minimum Gasteiger partial charge on any atom is -0.481 e. The van der Waals surface area contributed by atoms with Crippen LogP contribution in [-0.4, -0.2) is 31.0 Å². The topological polar surface area (TPSA) is 124 Å². The first-order valence-corrected chi connectivity index (χ1v) is 12.7. The Hall–Kier alpha value is -4.56. The Morgan fingerprint density at radius 3 is 2.46 bits per heavy atom. The number of hydrogen-bond donors (Lipinski definition) is 2. The van der Waals surface area contributed by atoms with Gasteiger partial charge in [-0.1, -0.05) is 67.9 Å². The molecule has 3 aromatic heterocycles. The lowest BCUT2D eigenvalue weighted by molar-refractivity contribution is -0.138. The van der Waals surface area contributed by atoms with Crippen LogP contribution >= 0.6 is 11.6 Å². The average molecular weight is 540 g/mol. The summed E-state index contributed by atoms with van der Waals surface area (Å²) in [6.07, 6.45) is 3.37. The molecule has 5 aromatic rings. The number of aromatic nitrogens is 4. The predicted octanol–water partition coefficient (Wildman–Crippen LogP) is 6.32. The second-order valence-corrected chi connectivity index (χ2v) is 10.2. The molecular formula is C30H26ClN5O3. The Bertz CT molecular complexity index is 1660. The van der Waals surface area contributed by atoms with Crippen molar-refractivity contribution in [2.24, 2.45) is 0 Å². The molecule has 9 heteroatoms. The van der Waals surface area contributed by atoms with Gasteiger partial charge in [0.2, 0.25) is 0 Å². The molecule has 3 heterocycles. The first kappa shape index (κ1) is 26.1. The monoisotopic (exact) mass is 539 g/mol. The van der Waals surface area contributed by atoms with E-state index in [0.29, 0.717) is 27.6 Å². The quantitative estimate of drug-likeness (QED) is 0.235. The van der Waals surface area contributed by atoms with E-state index in [1.54, 1.807) is 18.5 Å². The number of aliphatic carboxylic acids is 1. The minimum absolute atomic E-state index is 0.00202. The van der Waals surface area contributed by atoms with E-state index < -0.39 is 11.4 Å². The number of halogens is 1. The number of rotatable bonds is 8. The molecule has 0 aliphatic carbocycles. The maximum atomic E-state index is 11.2. The van der Waals surface area contributed by atoms with Crippen molar-refractivity contribution < 1.29 is 14.6 Å². The Labute approximate surface area is 230 Å². The molecule has 0 fully saturated rings. The zero-order valence-corrected chi connectivity index (χ0v) is 22.2. The highest BCUT2D eigenvalue weighted by Gasteiger charge is 2.24. The van der Waals surface area contributed by atoms with Gasteiger partial charge >= 0.3 is 5.97 Å². The first-order valence-electron chi connectivity index (χ1n) is 12.3. The Morgan fingerprint density at radius 1 is 0.974 bits per heavy atom. The van der Waals surface area contributed by atoms with Gasteiger partial charge in [-0.25, -0.2) is 9.97 Å². The highest BCUT2D eigenvalue weighted by Crippen LogP contribution is 2.36. The van der Waals surface area contributed by atoms with Crippen LogP contribution in [0.4, 0.5) is 5.82 Å². The average Bonchev–Trinajstić information content (AvgIpc) is 2.92. The fourth-order valence-corrected chi connectivity index (χ4v) is 4.63. The standard InChI is InChI=1S/C30H26ClN5O3/c1-30(2,15-24(37)38)21-10-11-22(34-16-21)17-39-29-28(32)35-26(18-7-4-3-5-8-18)27(36-29)20-13-19-9-6-12-33-25(19)23(31)14-20/h3-14,16H,15,17H2,1-2H3,(H2,32,35)(H,37,38). The van der Waals surface area contributed by atoms with Crippen LogP contribution in [0.25, 0.3) is 33.4 Å². The summed E-state index contributed by atoms with van der Waals surface area (Å²) in [7, 11) is 0. The number of carboxylic acid groups (broad SMARTS) is 1. The molecule has 0 atom stereocenters. The molecule has 0 radical (unpaired) electrons. The third-order valence-electron chi connectivity index (χ3n) is 6.42. The van der Waals surface area contributed by atoms with E-state index in [4.69, 9.17) is 27.1 Å². The van der Waals surface area contributed by atoms with Gasteiger partial charge in [0.1, 0.15) is 12.3 Å². The van der Waals surface area contributed by atoms with Gasteiger partial charge in [-0.2, -0.15) is 0 Å². The molecule has 0 unspecified atom stereocenters. The van der Waals surface area contributed by atoms with Crippen LogP contribution < -0.4 is 10.5 Å². The summed E-state index contributed by atoms with van der Waals surface area (Å²) in [5.41, 5.74) is 10.7. The van der Waals surface area contributed by atoms with Crippen LogP contribution in [0.3, 0.4) is 0 Å². The molecule has 196 valence electrons. The number of fused-ring (bicyclic) bond motifs is 1. The highest BCUT2D eigenvalue weighted by molar-refractivity contribution is 6.35. The number of benzene rings is 2. The fraction of sp³-hybridized carbons (Fsp3) is 0.167. The van der Waals surface area contributed by atoms with Crippen LogP contribution in [-0.2, 0) is 16.8 Å². The molecule has 5 rings (SSSR count). The molecular weight excluding hydrogens is 514 g/mol. The number of ether oxygens (including phenoxy) is 1. The summed E-state index contributed by atoms with van der Waals surface area (Å²) in [5, 5.41) is 10.6. The Morgan fingerprint density at radius 2 is 1.74 bits per heavy atom. The van der Waals surface area contributed by atoms with Gasteiger partial charge in [-0.15, -0.1) is 0 Å². The number of anilines is 1. The van der Waals surface area contributed by atoms with Crippen molar-refractivity contribution in [3.63, 3.8) is 0 Å². The lowest BCUT2D eigenvalue weighted by atomic mass is 9.82. The van der Waals surface area contributed by atoms with Crippen LogP contribution in [0.2, 0.25) is 5.02 Å². The van der Waals surface area contributed by atoms with E-state index in [9.17, 15) is 9.90 Å². The van der Waals surface area contributed by atoms with E-state index in [-0.39, 0.29) is 24.7 Å². The number of hydrogen-bond acceptors (Lipinski definition) is 7. The largest absolute Gasteiger partial charge is 0.481 e. The van der Waals surface area contributed by atoms with Crippen LogP contribution in [0.15, 0.2) is 79.1 Å². The third kappa shape index (κ3) is 5.66. The van der Waals surface area contributed by atoms with Gasteiger partial charge in [-0.05, 0) is 29.8 Å². The summed E-state index contributed by atoms with van der Waals surface area (Å²) in [4.78, 5) is 29.5. The van der Waals surface area contributed by atoms with Gasteiger partial charge < -0.3 is 15.6 Å². The maximum absolute atomic E-state index is 11.2. The summed E-state index contributed by atoms with van der Waals surface area (Å²) < 4.78 is 5.98. The lowest BCUT2D eigenvalue weighted by Gasteiger charge is -2.22. The van der Waals surface area contributed by atoms with Crippen molar-refractivity contribution in [3.8, 4) is 28.4 Å². The van der Waals surface area contributed by atoms with E-state index in [2.05, 4.69) is 15.0 Å². The molecule has 0 saturated heterocycles. The van der Waals surface area contributed by atoms with Gasteiger partial charge in [-0.3, -0.25) is 14.8 Å². The van der Waals surface area contributed by atoms with Gasteiger partial charge in [0.15, 0.2) is 5.82 Å². The van der Waals surface area contributed by atoms with Crippen molar-refractivity contribution >= 4 is 34.3 Å². The second-order valence-electron chi connectivity index (χ2n) is 9.79. The smallest absolute Gasteiger partial charge is 0.304 e. The molecule has 0 bridgehead atoms.